The van der Waals surface area contributed by atoms with Crippen LogP contribution in [-0.4, -0.2) is 34.4 Å². The van der Waals surface area contributed by atoms with Crippen molar-refractivity contribution >= 4 is 40.1 Å². The second-order valence-electron chi connectivity index (χ2n) is 5.45. The fourth-order valence-corrected chi connectivity index (χ4v) is 4.03. The van der Waals surface area contributed by atoms with Crippen LogP contribution in [0.3, 0.4) is 0 Å². The molecule has 24 heavy (non-hydrogen) atoms. The lowest BCUT2D eigenvalue weighted by Crippen LogP contribution is -2.17. The zero-order valence-corrected chi connectivity index (χ0v) is 14.9. The molecular formula is C16H17N3O3S2. The number of ether oxygens (including phenoxy) is 1. The van der Waals surface area contributed by atoms with Crippen LogP contribution in [0.25, 0.3) is 0 Å². The van der Waals surface area contributed by atoms with Gasteiger partial charge in [0.1, 0.15) is 10.3 Å². The summed E-state index contributed by atoms with van der Waals surface area (Å²) in [6.45, 7) is 1.75. The fourth-order valence-electron chi connectivity index (χ4n) is 2.11. The Morgan fingerprint density at radius 3 is 2.79 bits per heavy atom. The van der Waals surface area contributed by atoms with E-state index in [1.807, 2.05) is 12.1 Å². The van der Waals surface area contributed by atoms with Gasteiger partial charge in [0.15, 0.2) is 0 Å². The molecule has 1 aliphatic rings. The van der Waals surface area contributed by atoms with Gasteiger partial charge in [-0.2, -0.15) is 0 Å². The van der Waals surface area contributed by atoms with Crippen molar-refractivity contribution in [3.63, 3.8) is 0 Å². The molecule has 1 atom stereocenters. The van der Waals surface area contributed by atoms with Gasteiger partial charge in [0.25, 0.3) is 5.91 Å². The molecule has 3 rings (SSSR count). The Morgan fingerprint density at radius 2 is 2.08 bits per heavy atom. The zero-order valence-electron chi connectivity index (χ0n) is 13.3. The maximum Gasteiger partial charge on any atom is 0.318 e. The highest BCUT2D eigenvalue weighted by atomic mass is 32.2. The van der Waals surface area contributed by atoms with Gasteiger partial charge in [0.2, 0.25) is 5.13 Å². The molecule has 1 fully saturated rings. The molecule has 8 heteroatoms. The minimum atomic E-state index is -0.396. The van der Waals surface area contributed by atoms with Gasteiger partial charge in [0.05, 0.1) is 12.7 Å². The number of carbonyl (C=O) groups is 2. The number of aromatic nitrogens is 2. The third kappa shape index (κ3) is 3.93. The van der Waals surface area contributed by atoms with Gasteiger partial charge >= 0.3 is 5.97 Å². The van der Waals surface area contributed by atoms with Crippen LogP contribution in [0.2, 0.25) is 0 Å². The average Bonchev–Trinajstić information content (AvgIpc) is 3.34. The Hall–Kier alpha value is -1.93. The van der Waals surface area contributed by atoms with Crippen molar-refractivity contribution in [2.75, 3.05) is 12.4 Å². The number of benzene rings is 1. The van der Waals surface area contributed by atoms with Gasteiger partial charge in [0, 0.05) is 10.8 Å². The Morgan fingerprint density at radius 1 is 1.33 bits per heavy atom. The number of rotatable bonds is 6. The standard InChI is InChI=1S/C16H17N3O3S2/c1-9(15(21)22-2)23-12-6-4-3-5-11(12)13(20)17-16-19-18-14(24-16)10-7-8-10/h3-6,9-10H,7-8H2,1-2H3,(H,17,19,20). The van der Waals surface area contributed by atoms with E-state index in [4.69, 9.17) is 4.74 Å². The molecule has 6 nitrogen and oxygen atoms in total. The molecule has 1 unspecified atom stereocenters. The van der Waals surface area contributed by atoms with E-state index in [1.165, 1.54) is 30.2 Å². The highest BCUT2D eigenvalue weighted by Gasteiger charge is 2.28. The Bertz CT molecular complexity index is 759. The Kier molecular flexibility index (Phi) is 5.15. The molecular weight excluding hydrogens is 346 g/mol. The van der Waals surface area contributed by atoms with Crippen molar-refractivity contribution in [3.8, 4) is 0 Å². The maximum atomic E-state index is 12.5. The summed E-state index contributed by atoms with van der Waals surface area (Å²) in [5.41, 5.74) is 0.501. The largest absolute Gasteiger partial charge is 0.468 e. The first-order valence-corrected chi connectivity index (χ1v) is 9.26. The summed E-state index contributed by atoms with van der Waals surface area (Å²) in [6, 6.07) is 7.16. The van der Waals surface area contributed by atoms with E-state index in [0.717, 1.165) is 22.7 Å². The topological polar surface area (TPSA) is 81.2 Å². The molecule has 1 aromatic carbocycles. The van der Waals surface area contributed by atoms with Crippen LogP contribution < -0.4 is 5.32 Å². The lowest BCUT2D eigenvalue weighted by Gasteiger charge is -2.12. The molecule has 0 saturated heterocycles. The van der Waals surface area contributed by atoms with E-state index < -0.39 is 5.25 Å². The lowest BCUT2D eigenvalue weighted by atomic mass is 10.2. The van der Waals surface area contributed by atoms with E-state index in [9.17, 15) is 9.59 Å². The highest BCUT2D eigenvalue weighted by Crippen LogP contribution is 2.42. The summed E-state index contributed by atoms with van der Waals surface area (Å²) in [5, 5.41) is 12.0. The van der Waals surface area contributed by atoms with Crippen LogP contribution >= 0.6 is 23.1 Å². The Labute approximate surface area is 148 Å². The maximum absolute atomic E-state index is 12.5. The molecule has 1 N–H and O–H groups in total. The first-order chi connectivity index (χ1) is 11.6. The van der Waals surface area contributed by atoms with Crippen LogP contribution in [0.4, 0.5) is 5.13 Å². The number of methoxy groups -OCH3 is 1. The molecule has 2 aromatic rings. The average molecular weight is 363 g/mol. The van der Waals surface area contributed by atoms with Crippen molar-refractivity contribution in [1.82, 2.24) is 10.2 Å². The smallest absolute Gasteiger partial charge is 0.318 e. The van der Waals surface area contributed by atoms with Gasteiger partial charge in [-0.25, -0.2) is 0 Å². The minimum absolute atomic E-state index is 0.256. The van der Waals surface area contributed by atoms with Crippen molar-refractivity contribution in [1.29, 1.82) is 0 Å². The highest BCUT2D eigenvalue weighted by molar-refractivity contribution is 8.00. The molecule has 126 valence electrons. The molecule has 0 aliphatic heterocycles. The van der Waals surface area contributed by atoms with Crippen LogP contribution in [-0.2, 0) is 9.53 Å². The summed E-state index contributed by atoms with van der Waals surface area (Å²) in [5.74, 6) is -0.0704. The van der Waals surface area contributed by atoms with Gasteiger partial charge in [-0.15, -0.1) is 22.0 Å². The normalized spacial score (nSPS) is 14.9. The van der Waals surface area contributed by atoms with Gasteiger partial charge < -0.3 is 4.74 Å². The van der Waals surface area contributed by atoms with Crippen LogP contribution in [0.1, 0.15) is 41.0 Å². The molecule has 1 heterocycles. The van der Waals surface area contributed by atoms with E-state index in [2.05, 4.69) is 15.5 Å². The lowest BCUT2D eigenvalue weighted by molar-refractivity contribution is -0.139. The van der Waals surface area contributed by atoms with Gasteiger partial charge in [-0.1, -0.05) is 23.5 Å². The van der Waals surface area contributed by atoms with Crippen LogP contribution in [0.15, 0.2) is 29.2 Å². The van der Waals surface area contributed by atoms with Crippen LogP contribution in [0, 0.1) is 0 Å². The van der Waals surface area contributed by atoms with E-state index in [-0.39, 0.29) is 11.9 Å². The number of anilines is 1. The number of carbonyl (C=O) groups excluding carboxylic acids is 2. The van der Waals surface area contributed by atoms with Gasteiger partial charge in [-0.3, -0.25) is 14.9 Å². The van der Waals surface area contributed by atoms with E-state index in [0.29, 0.717) is 16.6 Å². The van der Waals surface area contributed by atoms with Crippen molar-refractivity contribution in [2.45, 2.75) is 35.8 Å². The minimum Gasteiger partial charge on any atom is -0.468 e. The summed E-state index contributed by atoms with van der Waals surface area (Å²) in [7, 11) is 1.35. The van der Waals surface area contributed by atoms with Gasteiger partial charge in [-0.05, 0) is 31.9 Å². The third-order valence-electron chi connectivity index (χ3n) is 3.56. The monoisotopic (exact) mass is 363 g/mol. The molecule has 1 saturated carbocycles. The first-order valence-electron chi connectivity index (χ1n) is 7.56. The molecule has 0 radical (unpaired) electrons. The second-order valence-corrected chi connectivity index (χ2v) is 7.84. The number of hydrogen-bond acceptors (Lipinski definition) is 7. The molecule has 1 amide bonds. The van der Waals surface area contributed by atoms with Crippen molar-refractivity contribution < 1.29 is 14.3 Å². The third-order valence-corrected chi connectivity index (χ3v) is 5.71. The zero-order chi connectivity index (χ0) is 17.1. The molecule has 1 aliphatic carbocycles. The summed E-state index contributed by atoms with van der Waals surface area (Å²) in [4.78, 5) is 24.9. The number of esters is 1. The molecule has 1 aromatic heterocycles. The van der Waals surface area contributed by atoms with Crippen molar-refractivity contribution in [3.05, 3.63) is 34.8 Å². The predicted octanol–water partition coefficient (Wildman–Crippen LogP) is 3.32. The summed E-state index contributed by atoms with van der Waals surface area (Å²) < 4.78 is 4.73. The van der Waals surface area contributed by atoms with Crippen LogP contribution in [0.5, 0.6) is 0 Å². The Balaban J connectivity index is 1.72. The number of hydrogen-bond donors (Lipinski definition) is 1. The number of nitrogens with zero attached hydrogens (tertiary/aromatic N) is 2. The SMILES string of the molecule is COC(=O)C(C)Sc1ccccc1C(=O)Nc1nnc(C2CC2)s1. The number of nitrogens with one attached hydrogen (secondary N) is 1. The van der Waals surface area contributed by atoms with Crippen molar-refractivity contribution in [2.24, 2.45) is 0 Å². The second kappa shape index (κ2) is 7.31. The number of amides is 1. The number of thioether (sulfide) groups is 1. The van der Waals surface area contributed by atoms with E-state index >= 15 is 0 Å². The van der Waals surface area contributed by atoms with E-state index in [1.54, 1.807) is 19.1 Å². The molecule has 0 spiro atoms. The predicted molar refractivity (Wildman–Crippen MR) is 93.6 cm³/mol. The summed E-state index contributed by atoms with van der Waals surface area (Å²) in [6.07, 6.45) is 2.29. The fraction of sp³-hybridized carbons (Fsp3) is 0.375. The summed E-state index contributed by atoms with van der Waals surface area (Å²) >= 11 is 2.71. The molecule has 0 bridgehead atoms. The quantitative estimate of drug-likeness (QED) is 0.626. The first kappa shape index (κ1) is 16.9.